The van der Waals surface area contributed by atoms with E-state index in [1.165, 1.54) is 13.1 Å². The molecule has 1 aliphatic rings. The smallest absolute Gasteiger partial charge is 0.0630 e. The van der Waals surface area contributed by atoms with E-state index in [9.17, 15) is 0 Å². The van der Waals surface area contributed by atoms with E-state index >= 15 is 0 Å². The van der Waals surface area contributed by atoms with Crippen molar-refractivity contribution in [3.63, 3.8) is 0 Å². The number of methoxy groups -OCH3 is 1. The number of ether oxygens (including phenoxy) is 1. The van der Waals surface area contributed by atoms with Crippen LogP contribution in [0.1, 0.15) is 20.8 Å². The molecule has 0 aromatic carbocycles. The lowest BCUT2D eigenvalue weighted by Gasteiger charge is -2.27. The molecule has 0 spiro atoms. The first-order valence-electron chi connectivity index (χ1n) is 6.12. The van der Waals surface area contributed by atoms with Crippen molar-refractivity contribution < 1.29 is 4.74 Å². The first-order valence-corrected chi connectivity index (χ1v) is 6.12. The molecule has 1 heterocycles. The van der Waals surface area contributed by atoms with Crippen LogP contribution in [0.15, 0.2) is 0 Å². The van der Waals surface area contributed by atoms with Crippen LogP contribution in [0.4, 0.5) is 0 Å². The minimum absolute atomic E-state index is 0.544. The molecule has 0 saturated carbocycles. The van der Waals surface area contributed by atoms with Gasteiger partial charge in [-0.1, -0.05) is 20.8 Å². The molecule has 3 nitrogen and oxygen atoms in total. The van der Waals surface area contributed by atoms with Gasteiger partial charge in [0.1, 0.15) is 0 Å². The van der Waals surface area contributed by atoms with E-state index in [0.717, 1.165) is 31.5 Å². The van der Waals surface area contributed by atoms with E-state index in [1.54, 1.807) is 7.11 Å². The first kappa shape index (κ1) is 12.9. The minimum Gasteiger partial charge on any atom is -0.383 e. The average Bonchev–Trinajstić information content (AvgIpc) is 2.54. The minimum atomic E-state index is 0.544. The van der Waals surface area contributed by atoms with Crippen LogP contribution < -0.4 is 5.32 Å². The third kappa shape index (κ3) is 3.74. The number of hydrogen-bond acceptors (Lipinski definition) is 3. The lowest BCUT2D eigenvalue weighted by molar-refractivity contribution is 0.101. The van der Waals surface area contributed by atoms with Crippen LogP contribution in [0, 0.1) is 11.8 Å². The third-order valence-corrected chi connectivity index (χ3v) is 3.52. The maximum absolute atomic E-state index is 5.30. The zero-order valence-electron chi connectivity index (χ0n) is 10.6. The molecular weight excluding hydrogens is 188 g/mol. The van der Waals surface area contributed by atoms with E-state index in [2.05, 4.69) is 31.0 Å². The summed E-state index contributed by atoms with van der Waals surface area (Å²) in [6.07, 6.45) is 0. The molecule has 3 heteroatoms. The van der Waals surface area contributed by atoms with Crippen LogP contribution in [0.25, 0.3) is 0 Å². The monoisotopic (exact) mass is 214 g/mol. The molecule has 90 valence electrons. The number of likely N-dealkylation sites (tertiary alicyclic amines) is 1. The van der Waals surface area contributed by atoms with Crippen LogP contribution in [-0.2, 0) is 4.74 Å². The number of nitrogens with one attached hydrogen (secondary N) is 1. The molecule has 0 aromatic rings. The highest BCUT2D eigenvalue weighted by Gasteiger charge is 2.30. The largest absolute Gasteiger partial charge is 0.383 e. The predicted octanol–water partition coefficient (Wildman–Crippen LogP) is 1.20. The number of nitrogens with zero attached hydrogens (tertiary/aromatic N) is 1. The highest BCUT2D eigenvalue weighted by atomic mass is 16.5. The summed E-state index contributed by atoms with van der Waals surface area (Å²) in [6, 6.07) is 0.544. The molecule has 0 radical (unpaired) electrons. The third-order valence-electron chi connectivity index (χ3n) is 3.52. The van der Waals surface area contributed by atoms with Crippen LogP contribution in [-0.4, -0.2) is 50.8 Å². The number of hydrogen-bond donors (Lipinski definition) is 1. The lowest BCUT2D eigenvalue weighted by atomic mass is 10.0. The van der Waals surface area contributed by atoms with Crippen LogP contribution in [0.5, 0.6) is 0 Å². The van der Waals surface area contributed by atoms with E-state index in [1.807, 2.05) is 0 Å². The summed E-state index contributed by atoms with van der Waals surface area (Å²) in [6.45, 7) is 12.2. The van der Waals surface area contributed by atoms with Crippen molar-refractivity contribution in [1.29, 1.82) is 0 Å². The molecule has 1 fully saturated rings. The Hall–Kier alpha value is -0.120. The summed E-state index contributed by atoms with van der Waals surface area (Å²) in [5, 5.41) is 3.42. The molecular formula is C12H26N2O. The van der Waals surface area contributed by atoms with E-state index < -0.39 is 0 Å². The van der Waals surface area contributed by atoms with E-state index in [0.29, 0.717) is 6.04 Å². The molecule has 3 atom stereocenters. The molecule has 3 unspecified atom stereocenters. The number of likely N-dealkylation sites (N-methyl/N-ethyl adjacent to an activating group) is 1. The Kier molecular flexibility index (Phi) is 5.58. The van der Waals surface area contributed by atoms with Gasteiger partial charge < -0.3 is 10.1 Å². The van der Waals surface area contributed by atoms with Crippen molar-refractivity contribution in [2.45, 2.75) is 26.8 Å². The summed E-state index contributed by atoms with van der Waals surface area (Å²) in [5.74, 6) is 1.65. The number of rotatable bonds is 6. The fourth-order valence-corrected chi connectivity index (χ4v) is 2.27. The maximum Gasteiger partial charge on any atom is 0.0630 e. The van der Waals surface area contributed by atoms with Gasteiger partial charge in [-0.2, -0.15) is 0 Å². The highest BCUT2D eigenvalue weighted by molar-refractivity contribution is 4.84. The van der Waals surface area contributed by atoms with Crippen molar-refractivity contribution in [2.24, 2.45) is 11.8 Å². The standard InChI is InChI=1S/C12H26N2O/c1-5-13-6-12(9-15-4)14-7-10(2)11(3)8-14/h10-13H,5-9H2,1-4H3. The van der Waals surface area contributed by atoms with Gasteiger partial charge in [-0.3, -0.25) is 4.90 Å². The fourth-order valence-electron chi connectivity index (χ4n) is 2.27. The van der Waals surface area contributed by atoms with Crippen molar-refractivity contribution >= 4 is 0 Å². The quantitative estimate of drug-likeness (QED) is 0.719. The van der Waals surface area contributed by atoms with E-state index in [-0.39, 0.29) is 0 Å². The zero-order chi connectivity index (χ0) is 11.3. The molecule has 1 rings (SSSR count). The lowest BCUT2D eigenvalue weighted by Crippen LogP contribution is -2.44. The Balaban J connectivity index is 2.41. The summed E-state index contributed by atoms with van der Waals surface area (Å²) < 4.78 is 5.30. The molecule has 1 saturated heterocycles. The van der Waals surface area contributed by atoms with Gasteiger partial charge in [0, 0.05) is 32.8 Å². The fraction of sp³-hybridized carbons (Fsp3) is 1.00. The maximum atomic E-state index is 5.30. The van der Waals surface area contributed by atoms with Gasteiger partial charge in [-0.25, -0.2) is 0 Å². The Morgan fingerprint density at radius 1 is 1.33 bits per heavy atom. The second-order valence-electron chi connectivity index (χ2n) is 4.83. The van der Waals surface area contributed by atoms with Crippen molar-refractivity contribution in [3.8, 4) is 0 Å². The van der Waals surface area contributed by atoms with Crippen LogP contribution >= 0.6 is 0 Å². The summed E-state index contributed by atoms with van der Waals surface area (Å²) in [5.41, 5.74) is 0. The Bertz CT molecular complexity index is 165. The average molecular weight is 214 g/mol. The topological polar surface area (TPSA) is 24.5 Å². The SMILES string of the molecule is CCNCC(COC)N1CC(C)C(C)C1. The second-order valence-corrected chi connectivity index (χ2v) is 4.83. The molecule has 0 aromatic heterocycles. The Morgan fingerprint density at radius 2 is 1.93 bits per heavy atom. The van der Waals surface area contributed by atoms with Gasteiger partial charge >= 0.3 is 0 Å². The van der Waals surface area contributed by atoms with Crippen LogP contribution in [0.3, 0.4) is 0 Å². The molecule has 1 aliphatic heterocycles. The highest BCUT2D eigenvalue weighted by Crippen LogP contribution is 2.23. The molecule has 0 aliphatic carbocycles. The van der Waals surface area contributed by atoms with Gasteiger partial charge in [0.15, 0.2) is 0 Å². The summed E-state index contributed by atoms with van der Waals surface area (Å²) in [4.78, 5) is 2.57. The Morgan fingerprint density at radius 3 is 2.40 bits per heavy atom. The second kappa shape index (κ2) is 6.46. The van der Waals surface area contributed by atoms with Crippen molar-refractivity contribution in [2.75, 3.05) is 39.9 Å². The van der Waals surface area contributed by atoms with Crippen molar-refractivity contribution in [1.82, 2.24) is 10.2 Å². The van der Waals surface area contributed by atoms with Gasteiger partial charge in [0.05, 0.1) is 6.61 Å². The predicted molar refractivity (Wildman–Crippen MR) is 64.1 cm³/mol. The summed E-state index contributed by atoms with van der Waals surface area (Å²) >= 11 is 0. The van der Waals surface area contributed by atoms with Gasteiger partial charge in [-0.05, 0) is 18.4 Å². The normalized spacial score (nSPS) is 29.6. The first-order chi connectivity index (χ1) is 7.19. The zero-order valence-corrected chi connectivity index (χ0v) is 10.6. The van der Waals surface area contributed by atoms with Crippen LogP contribution in [0.2, 0.25) is 0 Å². The van der Waals surface area contributed by atoms with Crippen molar-refractivity contribution in [3.05, 3.63) is 0 Å². The molecule has 15 heavy (non-hydrogen) atoms. The van der Waals surface area contributed by atoms with Gasteiger partial charge in [0.25, 0.3) is 0 Å². The van der Waals surface area contributed by atoms with Gasteiger partial charge in [0.2, 0.25) is 0 Å². The van der Waals surface area contributed by atoms with E-state index in [4.69, 9.17) is 4.74 Å². The Labute approximate surface area is 94.2 Å². The molecule has 1 N–H and O–H groups in total. The molecule has 0 amide bonds. The summed E-state index contributed by atoms with van der Waals surface area (Å²) in [7, 11) is 1.79. The van der Waals surface area contributed by atoms with Gasteiger partial charge in [-0.15, -0.1) is 0 Å². The molecule has 0 bridgehead atoms.